The van der Waals surface area contributed by atoms with Crippen molar-refractivity contribution in [2.75, 3.05) is 19.8 Å². The molecule has 0 aromatic heterocycles. The number of hydrogen-bond donors (Lipinski definition) is 2. The van der Waals surface area contributed by atoms with Crippen molar-refractivity contribution in [3.8, 4) is 0 Å². The van der Waals surface area contributed by atoms with Crippen molar-refractivity contribution in [2.24, 2.45) is 4.99 Å². The molecule has 0 amide bonds. The van der Waals surface area contributed by atoms with Crippen LogP contribution in [0.4, 0.5) is 0 Å². The minimum absolute atomic E-state index is 0.229. The van der Waals surface area contributed by atoms with Gasteiger partial charge in [0.05, 0.1) is 13.2 Å². The molecule has 0 atom stereocenters. The topological polar surface area (TPSA) is 62.0 Å². The SMILES string of the molecule is CC=CS(O)(O)C1=NCCOC1. The van der Waals surface area contributed by atoms with Gasteiger partial charge in [0.25, 0.3) is 0 Å². The zero-order chi connectivity index (χ0) is 9.03. The van der Waals surface area contributed by atoms with Gasteiger partial charge in [0.2, 0.25) is 0 Å². The Morgan fingerprint density at radius 3 is 2.83 bits per heavy atom. The first kappa shape index (κ1) is 9.73. The fourth-order valence-electron chi connectivity index (χ4n) is 0.890. The van der Waals surface area contributed by atoms with Gasteiger partial charge in [-0.3, -0.25) is 14.1 Å². The molecule has 1 aliphatic heterocycles. The molecule has 4 nitrogen and oxygen atoms in total. The predicted molar refractivity (Wildman–Crippen MR) is 50.8 cm³/mol. The second kappa shape index (κ2) is 4.04. The molecule has 2 N–H and O–H groups in total. The highest BCUT2D eigenvalue weighted by molar-refractivity contribution is 8.39. The highest BCUT2D eigenvalue weighted by Crippen LogP contribution is 2.42. The average molecular weight is 191 g/mol. The summed E-state index contributed by atoms with van der Waals surface area (Å²) in [6, 6.07) is 0. The van der Waals surface area contributed by atoms with E-state index < -0.39 is 10.6 Å². The summed E-state index contributed by atoms with van der Waals surface area (Å²) in [6.45, 7) is 3.04. The quantitative estimate of drug-likeness (QED) is 0.663. The normalized spacial score (nSPS) is 21.1. The summed E-state index contributed by atoms with van der Waals surface area (Å²) < 4.78 is 24.0. The van der Waals surface area contributed by atoms with Crippen LogP contribution in [0, 0.1) is 0 Å². The zero-order valence-corrected chi connectivity index (χ0v) is 7.75. The van der Waals surface area contributed by atoms with Gasteiger partial charge >= 0.3 is 0 Å². The summed E-state index contributed by atoms with van der Waals surface area (Å²) in [7, 11) is -2.79. The minimum Gasteiger partial charge on any atom is -0.372 e. The highest BCUT2D eigenvalue weighted by atomic mass is 32.3. The van der Waals surface area contributed by atoms with Crippen LogP contribution in [0.1, 0.15) is 6.92 Å². The zero-order valence-electron chi connectivity index (χ0n) is 6.93. The minimum atomic E-state index is -2.79. The molecule has 0 unspecified atom stereocenters. The van der Waals surface area contributed by atoms with Gasteiger partial charge in [-0.05, 0) is 6.92 Å². The number of ether oxygens (including phenoxy) is 1. The fraction of sp³-hybridized carbons (Fsp3) is 0.571. The van der Waals surface area contributed by atoms with Gasteiger partial charge in [-0.1, -0.05) is 6.08 Å². The molecule has 0 fully saturated rings. The smallest absolute Gasteiger partial charge is 0.149 e. The van der Waals surface area contributed by atoms with Crippen LogP contribution in [-0.4, -0.2) is 33.9 Å². The standard InChI is InChI=1S/C7H13NO3S/c1-2-5-12(9,10)7-6-11-4-3-8-7/h2,5,9-10H,3-4,6H2,1H3. The molecule has 0 aliphatic carbocycles. The molecule has 0 bridgehead atoms. The number of nitrogens with zero attached hydrogens (tertiary/aromatic N) is 1. The van der Waals surface area contributed by atoms with Crippen LogP contribution < -0.4 is 0 Å². The van der Waals surface area contributed by atoms with Crippen molar-refractivity contribution >= 4 is 15.6 Å². The highest BCUT2D eigenvalue weighted by Gasteiger charge is 2.19. The average Bonchev–Trinajstić information content (AvgIpc) is 2.06. The molecule has 0 saturated heterocycles. The third-order valence-corrected chi connectivity index (χ3v) is 3.01. The second-order valence-electron chi connectivity index (χ2n) is 2.39. The van der Waals surface area contributed by atoms with Crippen LogP contribution in [0.2, 0.25) is 0 Å². The Morgan fingerprint density at radius 1 is 1.58 bits per heavy atom. The van der Waals surface area contributed by atoms with Gasteiger partial charge < -0.3 is 4.74 Å². The van der Waals surface area contributed by atoms with E-state index >= 15 is 0 Å². The van der Waals surface area contributed by atoms with Gasteiger partial charge in [-0.25, -0.2) is 0 Å². The number of hydrogen-bond acceptors (Lipinski definition) is 4. The van der Waals surface area contributed by atoms with E-state index in [0.717, 1.165) is 0 Å². The van der Waals surface area contributed by atoms with Gasteiger partial charge in [0, 0.05) is 5.41 Å². The van der Waals surface area contributed by atoms with E-state index in [2.05, 4.69) is 4.99 Å². The summed E-state index contributed by atoms with van der Waals surface area (Å²) in [6.07, 6.45) is 1.60. The fourth-order valence-corrected chi connectivity index (χ4v) is 1.96. The number of rotatable bonds is 1. The van der Waals surface area contributed by atoms with Crippen LogP contribution in [0.25, 0.3) is 0 Å². The number of allylic oxidation sites excluding steroid dienone is 1. The Labute approximate surface area is 73.3 Å². The predicted octanol–water partition coefficient (Wildman–Crippen LogP) is 1.70. The molecule has 0 radical (unpaired) electrons. The van der Waals surface area contributed by atoms with E-state index in [9.17, 15) is 9.11 Å². The first-order valence-corrected chi connectivity index (χ1v) is 5.30. The maximum atomic E-state index is 9.48. The first-order chi connectivity index (χ1) is 5.67. The maximum Gasteiger partial charge on any atom is 0.149 e. The van der Waals surface area contributed by atoms with Gasteiger partial charge in [-0.2, -0.15) is 0 Å². The molecule has 0 saturated carbocycles. The maximum absolute atomic E-state index is 9.48. The van der Waals surface area contributed by atoms with E-state index in [-0.39, 0.29) is 6.61 Å². The van der Waals surface area contributed by atoms with E-state index in [1.54, 1.807) is 13.0 Å². The molecule has 1 aliphatic rings. The Kier molecular flexibility index (Phi) is 3.28. The summed E-state index contributed by atoms with van der Waals surface area (Å²) in [4.78, 5) is 4.00. The van der Waals surface area contributed by atoms with Crippen LogP contribution in [-0.2, 0) is 4.74 Å². The van der Waals surface area contributed by atoms with Crippen molar-refractivity contribution in [1.29, 1.82) is 0 Å². The van der Waals surface area contributed by atoms with Crippen LogP contribution in [0.5, 0.6) is 0 Å². The van der Waals surface area contributed by atoms with Crippen molar-refractivity contribution in [3.63, 3.8) is 0 Å². The lowest BCUT2D eigenvalue weighted by molar-refractivity contribution is 0.172. The summed E-state index contributed by atoms with van der Waals surface area (Å²) in [5.74, 6) is 0. The molecule has 0 aromatic rings. The Balaban J connectivity index is 2.72. The summed E-state index contributed by atoms with van der Waals surface area (Å²) in [5, 5.41) is 1.72. The third-order valence-electron chi connectivity index (χ3n) is 1.42. The van der Waals surface area contributed by atoms with Gasteiger partial charge in [-0.15, -0.1) is 10.6 Å². The summed E-state index contributed by atoms with van der Waals surface area (Å²) >= 11 is 0. The van der Waals surface area contributed by atoms with Crippen molar-refractivity contribution in [3.05, 3.63) is 11.5 Å². The van der Waals surface area contributed by atoms with E-state index in [0.29, 0.717) is 18.2 Å². The summed E-state index contributed by atoms with van der Waals surface area (Å²) in [5.41, 5.74) is 0. The third kappa shape index (κ3) is 2.31. The molecular formula is C7H13NO3S. The lowest BCUT2D eigenvalue weighted by Crippen LogP contribution is -2.22. The molecule has 0 spiro atoms. The Hall–Kier alpha value is -0.360. The van der Waals surface area contributed by atoms with E-state index in [4.69, 9.17) is 4.74 Å². The number of aliphatic imine (C=N–C) groups is 1. The van der Waals surface area contributed by atoms with Crippen molar-refractivity contribution in [2.45, 2.75) is 6.92 Å². The van der Waals surface area contributed by atoms with Crippen LogP contribution in [0.15, 0.2) is 16.5 Å². The second-order valence-corrected chi connectivity index (χ2v) is 4.32. The molecule has 70 valence electrons. The first-order valence-electron chi connectivity index (χ1n) is 3.69. The molecule has 1 rings (SSSR count). The molecule has 12 heavy (non-hydrogen) atoms. The van der Waals surface area contributed by atoms with Gasteiger partial charge in [0.15, 0.2) is 0 Å². The molecule has 1 heterocycles. The monoisotopic (exact) mass is 191 g/mol. The lowest BCUT2D eigenvalue weighted by atomic mass is 10.6. The van der Waals surface area contributed by atoms with Crippen molar-refractivity contribution < 1.29 is 13.8 Å². The van der Waals surface area contributed by atoms with E-state index in [1.807, 2.05) is 0 Å². The molecule has 5 heteroatoms. The Bertz CT molecular complexity index is 213. The van der Waals surface area contributed by atoms with Crippen LogP contribution in [0.3, 0.4) is 0 Å². The largest absolute Gasteiger partial charge is 0.372 e. The van der Waals surface area contributed by atoms with Crippen molar-refractivity contribution in [1.82, 2.24) is 0 Å². The van der Waals surface area contributed by atoms with Crippen LogP contribution >= 0.6 is 10.6 Å². The molecular weight excluding hydrogens is 178 g/mol. The van der Waals surface area contributed by atoms with Gasteiger partial charge in [0.1, 0.15) is 11.7 Å². The Morgan fingerprint density at radius 2 is 2.33 bits per heavy atom. The van der Waals surface area contributed by atoms with E-state index in [1.165, 1.54) is 5.41 Å². The lowest BCUT2D eigenvalue weighted by Gasteiger charge is -2.31. The molecule has 0 aromatic carbocycles.